The Hall–Kier alpha value is -3.86. The summed E-state index contributed by atoms with van der Waals surface area (Å²) < 4.78 is 11.7. The van der Waals surface area contributed by atoms with Gasteiger partial charge in [-0.3, -0.25) is 4.79 Å². The standard InChI is InChI=1S/C38H46O5/c1-2-3-4-5-6-7-8-9-10-11-12-13-14-15-16-21-36(40)42-33-28-24-31(25-29-33)38(30-22-26-32(39)27-23-30)35-20-18-17-19-34(35)37(41)43-38/h9-10,17-20,22-29,39H,2-8,11-16,21H2,1H3/b10-9-. The molecule has 0 saturated carbocycles. The molecule has 3 aromatic carbocycles. The van der Waals surface area contributed by atoms with E-state index in [-0.39, 0.29) is 11.7 Å². The highest BCUT2D eigenvalue weighted by atomic mass is 16.6. The van der Waals surface area contributed by atoms with Gasteiger partial charge in [-0.15, -0.1) is 0 Å². The predicted octanol–water partition coefficient (Wildman–Crippen LogP) is 9.80. The lowest BCUT2D eigenvalue weighted by atomic mass is 9.80. The van der Waals surface area contributed by atoms with E-state index in [0.717, 1.165) is 42.4 Å². The molecule has 0 saturated heterocycles. The maximum atomic E-state index is 12.8. The van der Waals surface area contributed by atoms with Crippen LogP contribution in [0.25, 0.3) is 0 Å². The smallest absolute Gasteiger partial charge is 0.340 e. The van der Waals surface area contributed by atoms with Crippen LogP contribution in [0.5, 0.6) is 11.5 Å². The lowest BCUT2D eigenvalue weighted by molar-refractivity contribution is -0.134. The number of fused-ring (bicyclic) bond motifs is 1. The minimum absolute atomic E-state index is 0.130. The third kappa shape index (κ3) is 8.82. The van der Waals surface area contributed by atoms with Gasteiger partial charge in [-0.2, -0.15) is 0 Å². The van der Waals surface area contributed by atoms with E-state index in [0.29, 0.717) is 17.7 Å². The molecule has 0 radical (unpaired) electrons. The molecule has 0 aliphatic carbocycles. The predicted molar refractivity (Wildman–Crippen MR) is 171 cm³/mol. The molecular weight excluding hydrogens is 536 g/mol. The summed E-state index contributed by atoms with van der Waals surface area (Å²) in [4.78, 5) is 25.3. The topological polar surface area (TPSA) is 72.8 Å². The van der Waals surface area contributed by atoms with Crippen molar-refractivity contribution in [1.29, 1.82) is 0 Å². The maximum absolute atomic E-state index is 12.8. The highest BCUT2D eigenvalue weighted by Gasteiger charge is 2.48. The van der Waals surface area contributed by atoms with Gasteiger partial charge in [-0.1, -0.05) is 113 Å². The maximum Gasteiger partial charge on any atom is 0.340 e. The summed E-state index contributed by atoms with van der Waals surface area (Å²) >= 11 is 0. The summed E-state index contributed by atoms with van der Waals surface area (Å²) in [6.07, 6.45) is 20.9. The summed E-state index contributed by atoms with van der Waals surface area (Å²) in [5.74, 6) is -0.0552. The van der Waals surface area contributed by atoms with Gasteiger partial charge in [0.05, 0.1) is 5.56 Å². The second kappa shape index (κ2) is 16.7. The second-order valence-corrected chi connectivity index (χ2v) is 11.5. The minimum Gasteiger partial charge on any atom is -0.508 e. The van der Waals surface area contributed by atoms with Gasteiger partial charge in [0.25, 0.3) is 0 Å². The summed E-state index contributed by atoms with van der Waals surface area (Å²) in [5, 5.41) is 9.85. The molecule has 228 valence electrons. The summed E-state index contributed by atoms with van der Waals surface area (Å²) in [5.41, 5.74) is 1.53. The average molecular weight is 583 g/mol. The SMILES string of the molecule is CCCCCCCC/C=C\CCCCCCCC(=O)Oc1ccc(C2(c3ccc(O)cc3)OC(=O)c3ccccc32)cc1. The third-order valence-corrected chi connectivity index (χ3v) is 8.18. The number of ether oxygens (including phenoxy) is 2. The van der Waals surface area contributed by atoms with E-state index in [1.165, 1.54) is 57.8 Å². The van der Waals surface area contributed by atoms with Crippen molar-refractivity contribution >= 4 is 11.9 Å². The fourth-order valence-electron chi connectivity index (χ4n) is 5.79. The number of benzene rings is 3. The molecule has 1 N–H and O–H groups in total. The third-order valence-electron chi connectivity index (χ3n) is 8.18. The van der Waals surface area contributed by atoms with Crippen LogP contribution in [0.4, 0.5) is 0 Å². The van der Waals surface area contributed by atoms with Crippen LogP contribution in [0.2, 0.25) is 0 Å². The van der Waals surface area contributed by atoms with E-state index in [9.17, 15) is 14.7 Å². The van der Waals surface area contributed by atoms with E-state index in [1.807, 2.05) is 30.3 Å². The number of esters is 2. The number of hydrogen-bond donors (Lipinski definition) is 1. The lowest BCUT2D eigenvalue weighted by Crippen LogP contribution is -2.29. The van der Waals surface area contributed by atoms with Crippen molar-refractivity contribution < 1.29 is 24.2 Å². The Morgan fingerprint density at radius 1 is 0.744 bits per heavy atom. The first-order chi connectivity index (χ1) is 21.0. The Morgan fingerprint density at radius 2 is 1.30 bits per heavy atom. The molecule has 1 heterocycles. The van der Waals surface area contributed by atoms with Crippen molar-refractivity contribution in [3.63, 3.8) is 0 Å². The molecule has 4 rings (SSSR count). The first kappa shape index (κ1) is 32.1. The van der Waals surface area contributed by atoms with Gasteiger partial charge in [-0.05, 0) is 62.4 Å². The Bertz CT molecular complexity index is 1330. The van der Waals surface area contributed by atoms with Crippen LogP contribution < -0.4 is 4.74 Å². The van der Waals surface area contributed by atoms with Gasteiger partial charge in [0.2, 0.25) is 0 Å². The van der Waals surface area contributed by atoms with Gasteiger partial charge in [-0.25, -0.2) is 4.79 Å². The van der Waals surface area contributed by atoms with Crippen molar-refractivity contribution in [2.75, 3.05) is 0 Å². The zero-order valence-electron chi connectivity index (χ0n) is 25.6. The normalized spacial score (nSPS) is 15.9. The average Bonchev–Trinajstić information content (AvgIpc) is 3.33. The van der Waals surface area contributed by atoms with Gasteiger partial charge < -0.3 is 14.6 Å². The van der Waals surface area contributed by atoms with Crippen molar-refractivity contribution in [3.05, 3.63) is 107 Å². The molecule has 3 aromatic rings. The van der Waals surface area contributed by atoms with Crippen LogP contribution in [0.1, 0.15) is 124 Å². The molecule has 1 aliphatic rings. The molecule has 1 aliphatic heterocycles. The Kier molecular flexibility index (Phi) is 12.4. The van der Waals surface area contributed by atoms with E-state index in [1.54, 1.807) is 42.5 Å². The molecule has 0 bridgehead atoms. The first-order valence-corrected chi connectivity index (χ1v) is 16.1. The lowest BCUT2D eigenvalue weighted by Gasteiger charge is -2.30. The van der Waals surface area contributed by atoms with Gasteiger partial charge in [0.1, 0.15) is 11.5 Å². The number of unbranched alkanes of at least 4 members (excludes halogenated alkanes) is 11. The number of hydrogen-bond acceptors (Lipinski definition) is 5. The van der Waals surface area contributed by atoms with E-state index in [2.05, 4.69) is 19.1 Å². The molecule has 0 fully saturated rings. The van der Waals surface area contributed by atoms with Crippen LogP contribution >= 0.6 is 0 Å². The first-order valence-electron chi connectivity index (χ1n) is 16.1. The molecular formula is C38H46O5. The van der Waals surface area contributed by atoms with E-state index < -0.39 is 11.6 Å². The second-order valence-electron chi connectivity index (χ2n) is 11.5. The van der Waals surface area contributed by atoms with Crippen molar-refractivity contribution in [2.24, 2.45) is 0 Å². The highest BCUT2D eigenvalue weighted by Crippen LogP contribution is 2.47. The zero-order valence-corrected chi connectivity index (χ0v) is 25.6. The molecule has 5 heteroatoms. The Morgan fingerprint density at radius 3 is 1.95 bits per heavy atom. The van der Waals surface area contributed by atoms with Crippen LogP contribution in [0.15, 0.2) is 84.9 Å². The zero-order chi connectivity index (χ0) is 30.3. The fraction of sp³-hybridized carbons (Fsp3) is 0.421. The fourth-order valence-corrected chi connectivity index (χ4v) is 5.79. The number of phenols is 1. The van der Waals surface area contributed by atoms with E-state index >= 15 is 0 Å². The van der Waals surface area contributed by atoms with Gasteiger partial charge >= 0.3 is 11.9 Å². The van der Waals surface area contributed by atoms with Crippen LogP contribution in [-0.4, -0.2) is 17.0 Å². The number of allylic oxidation sites excluding steroid dienone is 2. The largest absolute Gasteiger partial charge is 0.508 e. The minimum atomic E-state index is -1.16. The molecule has 0 aromatic heterocycles. The molecule has 43 heavy (non-hydrogen) atoms. The number of carbonyl (C=O) groups is 2. The molecule has 5 nitrogen and oxygen atoms in total. The number of rotatable bonds is 18. The molecule has 1 atom stereocenters. The number of aromatic hydroxyl groups is 1. The van der Waals surface area contributed by atoms with Gasteiger partial charge in [0, 0.05) is 23.1 Å². The van der Waals surface area contributed by atoms with Crippen LogP contribution in [0, 0.1) is 0 Å². The van der Waals surface area contributed by atoms with E-state index in [4.69, 9.17) is 9.47 Å². The Labute approximate surface area is 256 Å². The quantitative estimate of drug-likeness (QED) is 0.0699. The molecule has 1 unspecified atom stereocenters. The molecule has 0 amide bonds. The summed E-state index contributed by atoms with van der Waals surface area (Å²) in [7, 11) is 0. The van der Waals surface area contributed by atoms with Crippen LogP contribution in [0.3, 0.4) is 0 Å². The van der Waals surface area contributed by atoms with Crippen molar-refractivity contribution in [3.8, 4) is 11.5 Å². The highest BCUT2D eigenvalue weighted by molar-refractivity contribution is 5.96. The van der Waals surface area contributed by atoms with Gasteiger partial charge in [0.15, 0.2) is 5.60 Å². The van der Waals surface area contributed by atoms with Crippen molar-refractivity contribution in [1.82, 2.24) is 0 Å². The number of phenolic OH excluding ortho intramolecular Hbond substituents is 1. The van der Waals surface area contributed by atoms with Crippen molar-refractivity contribution in [2.45, 2.75) is 102 Å². The summed E-state index contributed by atoms with van der Waals surface area (Å²) in [6.45, 7) is 2.26. The Balaban J connectivity index is 1.20. The molecule has 0 spiro atoms. The summed E-state index contributed by atoms with van der Waals surface area (Å²) in [6, 6.07) is 21.1. The monoisotopic (exact) mass is 582 g/mol. The number of carbonyl (C=O) groups excluding carboxylic acids is 2. The number of cyclic esters (lactones) is 1. The van der Waals surface area contributed by atoms with Crippen LogP contribution in [-0.2, 0) is 15.1 Å².